The smallest absolute Gasteiger partial charge is 0.0547 e. The average molecular weight is 613 g/mol. The summed E-state index contributed by atoms with van der Waals surface area (Å²) >= 11 is 0. The molecular formula is C46H32N2. The Bertz CT molecular complexity index is 2470. The summed E-state index contributed by atoms with van der Waals surface area (Å²) in [5.74, 6) is 0. The number of rotatable bonds is 6. The van der Waals surface area contributed by atoms with Gasteiger partial charge in [0.1, 0.15) is 0 Å². The van der Waals surface area contributed by atoms with E-state index in [-0.39, 0.29) is 0 Å². The Labute approximate surface area is 280 Å². The van der Waals surface area contributed by atoms with Crippen molar-refractivity contribution in [3.05, 3.63) is 194 Å². The van der Waals surface area contributed by atoms with Gasteiger partial charge in [-0.15, -0.1) is 0 Å². The SMILES string of the molecule is c1ccc(N(c2ccccc2)c2ccc(-c3ccc(-c4ccc(-n5c6ccccc6c6c7ccccc7ccc65)cc4)cc3)cc2)cc1. The van der Waals surface area contributed by atoms with E-state index in [0.29, 0.717) is 0 Å². The van der Waals surface area contributed by atoms with Crippen molar-refractivity contribution >= 4 is 49.6 Å². The third kappa shape index (κ3) is 4.83. The maximum absolute atomic E-state index is 2.39. The van der Waals surface area contributed by atoms with Crippen molar-refractivity contribution in [1.82, 2.24) is 4.57 Å². The van der Waals surface area contributed by atoms with Crippen LogP contribution in [0.15, 0.2) is 194 Å². The molecule has 8 aromatic carbocycles. The number of benzene rings is 8. The number of hydrogen-bond acceptors (Lipinski definition) is 1. The van der Waals surface area contributed by atoms with Crippen molar-refractivity contribution < 1.29 is 0 Å². The Morgan fingerprint density at radius 3 is 1.38 bits per heavy atom. The fourth-order valence-electron chi connectivity index (χ4n) is 7.08. The molecule has 0 fully saturated rings. The Morgan fingerprint density at radius 2 is 0.771 bits per heavy atom. The molecule has 1 aromatic heterocycles. The molecule has 0 bridgehead atoms. The maximum Gasteiger partial charge on any atom is 0.0547 e. The minimum atomic E-state index is 1.13. The molecule has 0 N–H and O–H groups in total. The summed E-state index contributed by atoms with van der Waals surface area (Å²) in [5, 5.41) is 5.15. The highest BCUT2D eigenvalue weighted by Crippen LogP contribution is 2.38. The van der Waals surface area contributed by atoms with Gasteiger partial charge in [-0.05, 0) is 93.7 Å². The second kappa shape index (κ2) is 11.8. The number of nitrogens with zero attached hydrogens (tertiary/aromatic N) is 2. The molecule has 48 heavy (non-hydrogen) atoms. The normalized spacial score (nSPS) is 11.3. The molecule has 0 saturated heterocycles. The van der Waals surface area contributed by atoms with E-state index in [1.54, 1.807) is 0 Å². The van der Waals surface area contributed by atoms with Crippen LogP contribution in [0.1, 0.15) is 0 Å². The van der Waals surface area contributed by atoms with Crippen molar-refractivity contribution in [2.24, 2.45) is 0 Å². The lowest BCUT2D eigenvalue weighted by atomic mass is 10.00. The number of anilines is 3. The van der Waals surface area contributed by atoms with Gasteiger partial charge in [-0.25, -0.2) is 0 Å². The van der Waals surface area contributed by atoms with Crippen molar-refractivity contribution in [2.75, 3.05) is 4.90 Å². The molecule has 226 valence electrons. The first-order chi connectivity index (χ1) is 23.8. The quantitative estimate of drug-likeness (QED) is 0.181. The van der Waals surface area contributed by atoms with E-state index in [2.05, 4.69) is 204 Å². The van der Waals surface area contributed by atoms with E-state index in [0.717, 1.165) is 22.7 Å². The van der Waals surface area contributed by atoms with Gasteiger partial charge in [0.15, 0.2) is 0 Å². The second-order valence-electron chi connectivity index (χ2n) is 12.2. The monoisotopic (exact) mass is 612 g/mol. The highest BCUT2D eigenvalue weighted by Gasteiger charge is 2.15. The maximum atomic E-state index is 2.39. The predicted molar refractivity (Wildman–Crippen MR) is 204 cm³/mol. The fraction of sp³-hybridized carbons (Fsp3) is 0. The zero-order valence-corrected chi connectivity index (χ0v) is 26.4. The highest BCUT2D eigenvalue weighted by molar-refractivity contribution is 6.21. The van der Waals surface area contributed by atoms with E-state index in [1.165, 1.54) is 54.8 Å². The molecule has 0 atom stereocenters. The van der Waals surface area contributed by atoms with Crippen LogP contribution in [0, 0.1) is 0 Å². The second-order valence-corrected chi connectivity index (χ2v) is 12.2. The van der Waals surface area contributed by atoms with Gasteiger partial charge in [-0.2, -0.15) is 0 Å². The molecule has 2 heteroatoms. The van der Waals surface area contributed by atoms with E-state index < -0.39 is 0 Å². The molecule has 0 aliphatic heterocycles. The molecule has 1 heterocycles. The Morgan fingerprint density at radius 1 is 0.312 bits per heavy atom. The van der Waals surface area contributed by atoms with Crippen LogP contribution < -0.4 is 4.90 Å². The zero-order valence-electron chi connectivity index (χ0n) is 26.4. The van der Waals surface area contributed by atoms with E-state index in [1.807, 2.05) is 0 Å². The lowest BCUT2D eigenvalue weighted by Crippen LogP contribution is -2.09. The molecular weight excluding hydrogens is 581 g/mol. The van der Waals surface area contributed by atoms with Gasteiger partial charge in [-0.1, -0.05) is 133 Å². The fourth-order valence-corrected chi connectivity index (χ4v) is 7.08. The van der Waals surface area contributed by atoms with Crippen LogP contribution >= 0.6 is 0 Å². The highest BCUT2D eigenvalue weighted by atomic mass is 15.1. The van der Waals surface area contributed by atoms with Crippen molar-refractivity contribution in [3.8, 4) is 27.9 Å². The van der Waals surface area contributed by atoms with E-state index in [9.17, 15) is 0 Å². The van der Waals surface area contributed by atoms with E-state index >= 15 is 0 Å². The topological polar surface area (TPSA) is 8.17 Å². The molecule has 0 saturated carbocycles. The largest absolute Gasteiger partial charge is 0.311 e. The van der Waals surface area contributed by atoms with Crippen molar-refractivity contribution in [2.45, 2.75) is 0 Å². The van der Waals surface area contributed by atoms with Crippen LogP contribution in [0.4, 0.5) is 17.1 Å². The lowest BCUT2D eigenvalue weighted by Gasteiger charge is -2.25. The predicted octanol–water partition coefficient (Wildman–Crippen LogP) is 12.7. The molecule has 0 aliphatic rings. The van der Waals surface area contributed by atoms with Crippen LogP contribution in [0.25, 0.3) is 60.5 Å². The minimum absolute atomic E-state index is 1.13. The number of hydrogen-bond donors (Lipinski definition) is 0. The Hall–Kier alpha value is -6.38. The first kappa shape index (κ1) is 27.9. The van der Waals surface area contributed by atoms with Crippen LogP contribution in [0.2, 0.25) is 0 Å². The van der Waals surface area contributed by atoms with Crippen molar-refractivity contribution in [1.29, 1.82) is 0 Å². The third-order valence-corrected chi connectivity index (χ3v) is 9.39. The third-order valence-electron chi connectivity index (χ3n) is 9.39. The first-order valence-corrected chi connectivity index (χ1v) is 16.4. The first-order valence-electron chi connectivity index (χ1n) is 16.4. The Balaban J connectivity index is 1.01. The molecule has 0 amide bonds. The van der Waals surface area contributed by atoms with Gasteiger partial charge in [0.2, 0.25) is 0 Å². The van der Waals surface area contributed by atoms with Gasteiger partial charge < -0.3 is 9.47 Å². The Kier molecular flexibility index (Phi) is 6.84. The van der Waals surface area contributed by atoms with Gasteiger partial charge in [-0.3, -0.25) is 0 Å². The van der Waals surface area contributed by atoms with E-state index in [4.69, 9.17) is 0 Å². The summed E-state index contributed by atoms with van der Waals surface area (Å²) in [4.78, 5) is 2.29. The molecule has 0 unspecified atom stereocenters. The van der Waals surface area contributed by atoms with Gasteiger partial charge in [0, 0.05) is 33.5 Å². The summed E-state index contributed by atoms with van der Waals surface area (Å²) in [7, 11) is 0. The molecule has 0 spiro atoms. The number of aromatic nitrogens is 1. The summed E-state index contributed by atoms with van der Waals surface area (Å²) < 4.78 is 2.39. The number of fused-ring (bicyclic) bond motifs is 5. The van der Waals surface area contributed by atoms with Crippen LogP contribution in [0.3, 0.4) is 0 Å². The minimum Gasteiger partial charge on any atom is -0.311 e. The summed E-state index contributed by atoms with van der Waals surface area (Å²) in [6.45, 7) is 0. The summed E-state index contributed by atoms with van der Waals surface area (Å²) in [6.07, 6.45) is 0. The molecule has 0 aliphatic carbocycles. The van der Waals surface area contributed by atoms with Crippen molar-refractivity contribution in [3.63, 3.8) is 0 Å². The molecule has 9 rings (SSSR count). The standard InChI is InChI=1S/C46H32N2/c1-3-12-38(13-4-1)47(39-14-5-2-6-15-39)40-28-23-35(24-29-40)33-19-21-34(22-20-33)36-25-30-41(31-26-36)48-44-18-10-9-17-43(44)46-42-16-8-7-11-37(42)27-32-45(46)48/h1-32H. The van der Waals surface area contributed by atoms with Gasteiger partial charge in [0.05, 0.1) is 11.0 Å². The van der Waals surface area contributed by atoms with Crippen LogP contribution in [-0.2, 0) is 0 Å². The number of para-hydroxylation sites is 3. The average Bonchev–Trinajstić information content (AvgIpc) is 3.51. The van der Waals surface area contributed by atoms with Gasteiger partial charge >= 0.3 is 0 Å². The molecule has 0 radical (unpaired) electrons. The van der Waals surface area contributed by atoms with Crippen LogP contribution in [0.5, 0.6) is 0 Å². The summed E-state index contributed by atoms with van der Waals surface area (Å²) in [6, 6.07) is 69.7. The summed E-state index contributed by atoms with van der Waals surface area (Å²) in [5.41, 5.74) is 11.8. The van der Waals surface area contributed by atoms with Gasteiger partial charge in [0.25, 0.3) is 0 Å². The molecule has 2 nitrogen and oxygen atoms in total. The van der Waals surface area contributed by atoms with Crippen LogP contribution in [-0.4, -0.2) is 4.57 Å². The molecule has 9 aromatic rings. The zero-order chi connectivity index (χ0) is 31.9. The lowest BCUT2D eigenvalue weighted by molar-refractivity contribution is 1.18.